The van der Waals surface area contributed by atoms with Crippen LogP contribution in [0.15, 0.2) is 6.20 Å². The summed E-state index contributed by atoms with van der Waals surface area (Å²) in [5, 5.41) is 9.43. The standard InChI is InChI=1S/C16H29N3O2/c1-11(2)16-17-9-15(14(10-20)18-16)21-8-7-19(12(3)4)13(5)6/h9,11-13,20H,7-8,10H2,1-6H3. The van der Waals surface area contributed by atoms with Crippen molar-refractivity contribution in [3.05, 3.63) is 17.7 Å². The summed E-state index contributed by atoms with van der Waals surface area (Å²) >= 11 is 0. The molecular weight excluding hydrogens is 266 g/mol. The van der Waals surface area contributed by atoms with E-state index in [1.165, 1.54) is 0 Å². The van der Waals surface area contributed by atoms with Crippen LogP contribution in [0.25, 0.3) is 0 Å². The lowest BCUT2D eigenvalue weighted by atomic mass is 10.2. The van der Waals surface area contributed by atoms with Gasteiger partial charge in [-0.05, 0) is 27.7 Å². The van der Waals surface area contributed by atoms with E-state index in [1.54, 1.807) is 6.20 Å². The molecule has 0 amide bonds. The molecule has 0 saturated carbocycles. The molecule has 5 nitrogen and oxygen atoms in total. The molecule has 0 atom stereocenters. The van der Waals surface area contributed by atoms with Gasteiger partial charge in [-0.15, -0.1) is 0 Å². The molecule has 21 heavy (non-hydrogen) atoms. The molecule has 1 N–H and O–H groups in total. The second-order valence-electron chi connectivity index (χ2n) is 6.13. The molecule has 1 heterocycles. The van der Waals surface area contributed by atoms with E-state index in [2.05, 4.69) is 42.6 Å². The summed E-state index contributed by atoms with van der Waals surface area (Å²) in [4.78, 5) is 11.0. The molecule has 0 fully saturated rings. The lowest BCUT2D eigenvalue weighted by Gasteiger charge is -2.30. The molecule has 0 unspecified atom stereocenters. The monoisotopic (exact) mass is 295 g/mol. The molecule has 0 aliphatic carbocycles. The van der Waals surface area contributed by atoms with Gasteiger partial charge in [0.1, 0.15) is 18.1 Å². The maximum atomic E-state index is 9.43. The molecule has 1 aromatic rings. The number of aliphatic hydroxyl groups is 1. The number of aromatic nitrogens is 2. The minimum atomic E-state index is -0.129. The Hall–Kier alpha value is -1.20. The summed E-state index contributed by atoms with van der Waals surface area (Å²) < 4.78 is 5.77. The summed E-state index contributed by atoms with van der Waals surface area (Å²) in [6.45, 7) is 14.1. The largest absolute Gasteiger partial charge is 0.489 e. The Morgan fingerprint density at radius 1 is 1.14 bits per heavy atom. The molecule has 0 bridgehead atoms. The van der Waals surface area contributed by atoms with Gasteiger partial charge in [0, 0.05) is 24.5 Å². The van der Waals surface area contributed by atoms with Gasteiger partial charge in [0.25, 0.3) is 0 Å². The van der Waals surface area contributed by atoms with E-state index in [4.69, 9.17) is 4.74 Å². The van der Waals surface area contributed by atoms with Crippen molar-refractivity contribution in [2.45, 2.75) is 66.2 Å². The van der Waals surface area contributed by atoms with Crippen molar-refractivity contribution in [3.8, 4) is 5.75 Å². The van der Waals surface area contributed by atoms with Crippen LogP contribution in [0.5, 0.6) is 5.75 Å². The van der Waals surface area contributed by atoms with Crippen molar-refractivity contribution < 1.29 is 9.84 Å². The number of rotatable bonds is 8. The van der Waals surface area contributed by atoms with Crippen molar-refractivity contribution in [3.63, 3.8) is 0 Å². The summed E-state index contributed by atoms with van der Waals surface area (Å²) in [5.41, 5.74) is 0.564. The van der Waals surface area contributed by atoms with Crippen molar-refractivity contribution in [1.82, 2.24) is 14.9 Å². The average Bonchev–Trinajstić information content (AvgIpc) is 2.42. The first-order chi connectivity index (χ1) is 9.86. The van der Waals surface area contributed by atoms with Crippen molar-refractivity contribution in [2.75, 3.05) is 13.2 Å². The fourth-order valence-electron chi connectivity index (χ4n) is 2.31. The van der Waals surface area contributed by atoms with Gasteiger partial charge in [0.05, 0.1) is 12.8 Å². The number of ether oxygens (including phenoxy) is 1. The van der Waals surface area contributed by atoms with Crippen LogP contribution < -0.4 is 4.74 Å². The predicted molar refractivity (Wildman–Crippen MR) is 84.5 cm³/mol. The van der Waals surface area contributed by atoms with Crippen LogP contribution in [0, 0.1) is 0 Å². The molecule has 0 aliphatic heterocycles. The molecule has 0 radical (unpaired) electrons. The second kappa shape index (κ2) is 8.29. The van der Waals surface area contributed by atoms with Crippen LogP contribution in [-0.4, -0.2) is 45.2 Å². The van der Waals surface area contributed by atoms with Crippen molar-refractivity contribution in [2.24, 2.45) is 0 Å². The molecule has 5 heteroatoms. The summed E-state index contributed by atoms with van der Waals surface area (Å²) in [6.07, 6.45) is 1.67. The molecule has 0 aliphatic rings. The number of hydrogen-bond acceptors (Lipinski definition) is 5. The zero-order valence-corrected chi connectivity index (χ0v) is 14.1. The van der Waals surface area contributed by atoms with Gasteiger partial charge in [0.2, 0.25) is 0 Å². The van der Waals surface area contributed by atoms with Crippen molar-refractivity contribution >= 4 is 0 Å². The lowest BCUT2D eigenvalue weighted by Crippen LogP contribution is -2.39. The van der Waals surface area contributed by atoms with Crippen molar-refractivity contribution in [1.29, 1.82) is 0 Å². The normalized spacial score (nSPS) is 12.0. The van der Waals surface area contributed by atoms with Crippen LogP contribution in [0.3, 0.4) is 0 Å². The van der Waals surface area contributed by atoms with Crippen LogP contribution in [0.2, 0.25) is 0 Å². The van der Waals surface area contributed by atoms with E-state index in [1.807, 2.05) is 13.8 Å². The quantitative estimate of drug-likeness (QED) is 0.799. The Morgan fingerprint density at radius 3 is 2.24 bits per heavy atom. The van der Waals surface area contributed by atoms with E-state index in [0.29, 0.717) is 30.1 Å². The van der Waals surface area contributed by atoms with Gasteiger partial charge >= 0.3 is 0 Å². The molecule has 1 aromatic heterocycles. The molecule has 0 spiro atoms. The SMILES string of the molecule is CC(C)c1ncc(OCCN(C(C)C)C(C)C)c(CO)n1. The Bertz CT molecular complexity index is 426. The zero-order valence-electron chi connectivity index (χ0n) is 14.1. The number of nitrogens with zero attached hydrogens (tertiary/aromatic N) is 3. The topological polar surface area (TPSA) is 58.5 Å². The Balaban J connectivity index is 2.67. The Labute approximate surface area is 128 Å². The highest BCUT2D eigenvalue weighted by molar-refractivity contribution is 5.24. The van der Waals surface area contributed by atoms with E-state index in [9.17, 15) is 5.11 Å². The summed E-state index contributed by atoms with van der Waals surface area (Å²) in [7, 11) is 0. The van der Waals surface area contributed by atoms with Gasteiger partial charge < -0.3 is 9.84 Å². The minimum Gasteiger partial charge on any atom is -0.489 e. The highest BCUT2D eigenvalue weighted by atomic mass is 16.5. The summed E-state index contributed by atoms with van der Waals surface area (Å²) in [6, 6.07) is 0.955. The first-order valence-corrected chi connectivity index (χ1v) is 7.72. The number of aliphatic hydroxyl groups excluding tert-OH is 1. The van der Waals surface area contributed by atoms with Gasteiger partial charge in [-0.1, -0.05) is 13.8 Å². The third kappa shape index (κ3) is 5.25. The van der Waals surface area contributed by atoms with Crippen LogP contribution in [0.4, 0.5) is 0 Å². The van der Waals surface area contributed by atoms with E-state index in [0.717, 1.165) is 12.4 Å². The molecule has 120 valence electrons. The molecule has 0 aromatic carbocycles. The smallest absolute Gasteiger partial charge is 0.161 e. The summed E-state index contributed by atoms with van der Waals surface area (Å²) in [5.74, 6) is 1.55. The molecular formula is C16H29N3O2. The lowest BCUT2D eigenvalue weighted by molar-refractivity contribution is 0.140. The highest BCUT2D eigenvalue weighted by Gasteiger charge is 2.14. The van der Waals surface area contributed by atoms with Gasteiger partial charge in [-0.2, -0.15) is 0 Å². The first-order valence-electron chi connectivity index (χ1n) is 7.72. The molecule has 1 rings (SSSR count). The highest BCUT2D eigenvalue weighted by Crippen LogP contribution is 2.18. The van der Waals surface area contributed by atoms with E-state index < -0.39 is 0 Å². The Kier molecular flexibility index (Phi) is 7.05. The van der Waals surface area contributed by atoms with E-state index in [-0.39, 0.29) is 12.5 Å². The zero-order chi connectivity index (χ0) is 16.0. The maximum Gasteiger partial charge on any atom is 0.161 e. The fourth-order valence-corrected chi connectivity index (χ4v) is 2.31. The van der Waals surface area contributed by atoms with Gasteiger partial charge in [-0.25, -0.2) is 9.97 Å². The third-order valence-electron chi connectivity index (χ3n) is 3.45. The number of hydrogen-bond donors (Lipinski definition) is 1. The van der Waals surface area contributed by atoms with Crippen LogP contribution in [-0.2, 0) is 6.61 Å². The minimum absolute atomic E-state index is 0.129. The average molecular weight is 295 g/mol. The molecule has 0 saturated heterocycles. The predicted octanol–water partition coefficient (Wildman–Crippen LogP) is 2.59. The second-order valence-corrected chi connectivity index (χ2v) is 6.13. The van der Waals surface area contributed by atoms with Gasteiger partial charge in [0.15, 0.2) is 5.75 Å². The Morgan fingerprint density at radius 2 is 1.76 bits per heavy atom. The van der Waals surface area contributed by atoms with Gasteiger partial charge in [-0.3, -0.25) is 4.90 Å². The first kappa shape index (κ1) is 17.9. The maximum absolute atomic E-state index is 9.43. The van der Waals surface area contributed by atoms with E-state index >= 15 is 0 Å². The van der Waals surface area contributed by atoms with Crippen LogP contribution in [0.1, 0.15) is 59.0 Å². The fraction of sp³-hybridized carbons (Fsp3) is 0.750. The van der Waals surface area contributed by atoms with Crippen LogP contribution >= 0.6 is 0 Å². The third-order valence-corrected chi connectivity index (χ3v) is 3.45.